The number of ether oxygens (including phenoxy) is 4. The van der Waals surface area contributed by atoms with Crippen LogP contribution in [0.5, 0.6) is 11.5 Å². The Labute approximate surface area is 199 Å². The first kappa shape index (κ1) is 22.6. The molecule has 9 heteroatoms. The summed E-state index contributed by atoms with van der Waals surface area (Å²) in [6.07, 6.45) is -1.17. The molecular weight excluding hydrogens is 488 g/mol. The largest absolute Gasteiger partial charge is 0.497 e. The zero-order valence-corrected chi connectivity index (χ0v) is 19.6. The molecule has 2 aromatic rings. The van der Waals surface area contributed by atoms with E-state index in [1.807, 2.05) is 0 Å². The third-order valence-corrected chi connectivity index (χ3v) is 7.06. The average molecular weight is 507 g/mol. The van der Waals surface area contributed by atoms with E-state index in [2.05, 4.69) is 34.1 Å². The first-order valence-electron chi connectivity index (χ1n) is 9.94. The molecule has 2 fully saturated rings. The van der Waals surface area contributed by atoms with Crippen LogP contribution in [0, 0.1) is 50.2 Å². The molecule has 0 amide bonds. The summed E-state index contributed by atoms with van der Waals surface area (Å²) in [5.74, 6) is -1.70. The van der Waals surface area contributed by atoms with E-state index in [9.17, 15) is 15.8 Å². The first-order valence-corrected chi connectivity index (χ1v) is 10.7. The molecule has 4 rings (SSSR count). The summed E-state index contributed by atoms with van der Waals surface area (Å²) >= 11 is 3.42. The van der Waals surface area contributed by atoms with Crippen molar-refractivity contribution < 1.29 is 18.9 Å². The fourth-order valence-corrected chi connectivity index (χ4v) is 5.49. The summed E-state index contributed by atoms with van der Waals surface area (Å²) in [7, 11) is 3.06. The maximum atomic E-state index is 10.5. The number of rotatable bonds is 4. The van der Waals surface area contributed by atoms with Crippen LogP contribution in [0.2, 0.25) is 0 Å². The molecule has 2 aromatic carbocycles. The van der Waals surface area contributed by atoms with Crippen molar-refractivity contribution in [2.24, 2.45) is 10.8 Å². The second-order valence-electron chi connectivity index (χ2n) is 8.00. The first-order chi connectivity index (χ1) is 15.8. The van der Waals surface area contributed by atoms with Crippen molar-refractivity contribution in [3.8, 4) is 29.7 Å². The van der Waals surface area contributed by atoms with Crippen molar-refractivity contribution in [1.29, 1.82) is 21.2 Å². The van der Waals surface area contributed by atoms with Gasteiger partial charge in [0.2, 0.25) is 17.1 Å². The van der Waals surface area contributed by atoms with Gasteiger partial charge in [-0.1, -0.05) is 18.2 Å². The number of halogens is 1. The van der Waals surface area contributed by atoms with Crippen molar-refractivity contribution in [2.75, 3.05) is 14.2 Å². The second kappa shape index (κ2) is 7.78. The molecule has 2 aliphatic heterocycles. The van der Waals surface area contributed by atoms with E-state index < -0.39 is 34.5 Å². The van der Waals surface area contributed by atoms with Gasteiger partial charge in [-0.25, -0.2) is 0 Å². The van der Waals surface area contributed by atoms with Crippen molar-refractivity contribution >= 4 is 21.8 Å². The smallest absolute Gasteiger partial charge is 0.218 e. The number of nitriles is 3. The van der Waals surface area contributed by atoms with Crippen LogP contribution >= 0.6 is 15.9 Å². The van der Waals surface area contributed by atoms with Crippen LogP contribution in [0.4, 0.5) is 0 Å². The number of methoxy groups -OCH3 is 2. The lowest BCUT2D eigenvalue weighted by molar-refractivity contribution is -0.253. The summed E-state index contributed by atoms with van der Waals surface area (Å²) in [5, 5.41) is 39.9. The lowest BCUT2D eigenvalue weighted by Gasteiger charge is -2.49. The molecule has 0 aromatic heterocycles. The third-order valence-electron chi connectivity index (χ3n) is 6.44. The van der Waals surface area contributed by atoms with Crippen LogP contribution in [-0.2, 0) is 9.47 Å². The van der Waals surface area contributed by atoms with Crippen LogP contribution < -0.4 is 9.47 Å². The molecule has 0 spiro atoms. The zero-order chi connectivity index (χ0) is 24.0. The van der Waals surface area contributed by atoms with Gasteiger partial charge in [0.1, 0.15) is 17.6 Å². The molecule has 4 atom stereocenters. The maximum Gasteiger partial charge on any atom is 0.218 e. The summed E-state index contributed by atoms with van der Waals surface area (Å²) in [6.45, 7) is 1.62. The summed E-state index contributed by atoms with van der Waals surface area (Å²) in [5.41, 5.74) is -2.93. The van der Waals surface area contributed by atoms with E-state index in [0.717, 1.165) is 0 Å². The second-order valence-corrected chi connectivity index (χ2v) is 8.85. The monoisotopic (exact) mass is 506 g/mol. The third kappa shape index (κ3) is 2.85. The van der Waals surface area contributed by atoms with E-state index in [0.29, 0.717) is 27.1 Å². The molecule has 1 N–H and O–H groups in total. The molecule has 0 radical (unpaired) electrons. The Balaban J connectivity index is 1.98. The number of benzene rings is 2. The fourth-order valence-electron chi connectivity index (χ4n) is 4.93. The quantitative estimate of drug-likeness (QED) is 0.640. The molecule has 4 unspecified atom stereocenters. The Morgan fingerprint density at radius 2 is 1.61 bits per heavy atom. The van der Waals surface area contributed by atoms with Gasteiger partial charge in [0, 0.05) is 6.92 Å². The normalized spacial score (nSPS) is 29.2. The highest BCUT2D eigenvalue weighted by atomic mass is 79.9. The highest BCUT2D eigenvalue weighted by Gasteiger charge is 2.79. The van der Waals surface area contributed by atoms with Crippen molar-refractivity contribution in [3.05, 3.63) is 58.1 Å². The lowest BCUT2D eigenvalue weighted by Crippen LogP contribution is -2.57. The number of hydrogen-bond donors (Lipinski definition) is 1. The summed E-state index contributed by atoms with van der Waals surface area (Å²) in [4.78, 5) is 0. The summed E-state index contributed by atoms with van der Waals surface area (Å²) in [6, 6.07) is 18.1. The molecule has 2 saturated heterocycles. The van der Waals surface area contributed by atoms with Gasteiger partial charge < -0.3 is 18.9 Å². The van der Waals surface area contributed by atoms with Gasteiger partial charge in [-0.3, -0.25) is 5.41 Å². The van der Waals surface area contributed by atoms with Gasteiger partial charge >= 0.3 is 0 Å². The molecule has 0 saturated carbocycles. The predicted octanol–water partition coefficient (Wildman–Crippen LogP) is 4.59. The SMILES string of the molecule is COc1ccc(C2C3(C)OC(=N)C2(C#N)C(C#N)(C#N)C(c2ccc(OC)c(Br)c2)O3)cc1. The van der Waals surface area contributed by atoms with Crippen LogP contribution in [0.1, 0.15) is 30.1 Å². The topological polar surface area (TPSA) is 132 Å². The minimum absolute atomic E-state index is 0.466. The van der Waals surface area contributed by atoms with Gasteiger partial charge in [0.15, 0.2) is 5.41 Å². The van der Waals surface area contributed by atoms with Crippen LogP contribution in [0.15, 0.2) is 46.9 Å². The van der Waals surface area contributed by atoms with Gasteiger partial charge in [0.25, 0.3) is 0 Å². The Kier molecular flexibility index (Phi) is 5.33. The number of fused-ring (bicyclic) bond motifs is 2. The Morgan fingerprint density at radius 1 is 0.970 bits per heavy atom. The van der Waals surface area contributed by atoms with E-state index in [-0.39, 0.29) is 0 Å². The van der Waals surface area contributed by atoms with Gasteiger partial charge in [-0.15, -0.1) is 0 Å². The molecular formula is C24H19BrN4O4. The van der Waals surface area contributed by atoms with Crippen molar-refractivity contribution in [1.82, 2.24) is 0 Å². The van der Waals surface area contributed by atoms with Crippen LogP contribution in [0.3, 0.4) is 0 Å². The van der Waals surface area contributed by atoms with Crippen LogP contribution in [-0.4, -0.2) is 25.9 Å². The van der Waals surface area contributed by atoms with E-state index >= 15 is 0 Å². The molecule has 33 heavy (non-hydrogen) atoms. The Morgan fingerprint density at radius 3 is 2.12 bits per heavy atom. The Bertz CT molecular complexity index is 1250. The molecule has 0 aliphatic carbocycles. The minimum Gasteiger partial charge on any atom is -0.497 e. The number of hydrogen-bond acceptors (Lipinski definition) is 8. The lowest BCUT2D eigenvalue weighted by atomic mass is 9.52. The average Bonchev–Trinajstić information content (AvgIpc) is 3.01. The predicted molar refractivity (Wildman–Crippen MR) is 119 cm³/mol. The standard InChI is InChI=1S/C24H19BrN4O4/c1-22-19(14-4-7-16(30-2)8-5-14)24(13-28,21(29)33-22)23(11-26,12-27)20(32-22)15-6-9-18(31-3)17(25)10-15/h4-10,19-20,29H,1-3H3. The maximum absolute atomic E-state index is 10.5. The number of nitrogens with zero attached hydrogens (tertiary/aromatic N) is 3. The molecule has 2 bridgehead atoms. The Hall–Kier alpha value is -3.58. The van der Waals surface area contributed by atoms with E-state index in [1.54, 1.807) is 49.4 Å². The van der Waals surface area contributed by atoms with E-state index in [1.165, 1.54) is 14.2 Å². The van der Waals surface area contributed by atoms with Gasteiger partial charge in [0.05, 0.1) is 42.8 Å². The van der Waals surface area contributed by atoms with E-state index in [4.69, 9.17) is 24.4 Å². The molecule has 166 valence electrons. The minimum atomic E-state index is -2.08. The molecule has 8 nitrogen and oxygen atoms in total. The van der Waals surface area contributed by atoms with Crippen molar-refractivity contribution in [3.63, 3.8) is 0 Å². The van der Waals surface area contributed by atoms with Crippen molar-refractivity contribution in [2.45, 2.75) is 24.7 Å². The molecule has 2 heterocycles. The zero-order valence-electron chi connectivity index (χ0n) is 18.0. The molecule has 2 aliphatic rings. The van der Waals surface area contributed by atoms with Gasteiger partial charge in [-0.05, 0) is 51.3 Å². The number of nitrogens with one attached hydrogen (secondary N) is 1. The van der Waals surface area contributed by atoms with Crippen LogP contribution in [0.25, 0.3) is 0 Å². The fraction of sp³-hybridized carbons (Fsp3) is 0.333. The highest BCUT2D eigenvalue weighted by Crippen LogP contribution is 2.69. The highest BCUT2D eigenvalue weighted by molar-refractivity contribution is 9.10. The summed E-state index contributed by atoms with van der Waals surface area (Å²) < 4.78 is 23.3. The van der Waals surface area contributed by atoms with Gasteiger partial charge in [-0.2, -0.15) is 15.8 Å².